The number of benzene rings is 1. The van der Waals surface area contributed by atoms with E-state index in [-0.39, 0.29) is 0 Å². The zero-order valence-corrected chi connectivity index (χ0v) is 21.0. The number of unbranched alkanes of at least 4 members (excludes halogenated alkanes) is 14. The van der Waals surface area contributed by atoms with Gasteiger partial charge in [0.2, 0.25) is 5.91 Å². The number of carbonyl (C=O) groups excluding carboxylic acids is 1. The molecule has 0 radical (unpaired) electrons. The maximum Gasteiger partial charge on any atom is 0.249 e. The van der Waals surface area contributed by atoms with Crippen LogP contribution in [-0.4, -0.2) is 19.1 Å². The van der Waals surface area contributed by atoms with Crippen LogP contribution in [0.3, 0.4) is 0 Å². The average molecular weight is 460 g/mol. The molecule has 0 fully saturated rings. The Morgan fingerprint density at radius 3 is 1.48 bits per heavy atom. The minimum atomic E-state index is -0.619. The number of nitrogens with zero attached hydrogens (tertiary/aromatic N) is 3. The first-order valence-electron chi connectivity index (χ1n) is 13.2. The van der Waals surface area contributed by atoms with E-state index in [2.05, 4.69) is 23.9 Å². The predicted molar refractivity (Wildman–Crippen MR) is 136 cm³/mol. The standard InChI is InChI=1S/C27H45N3O3/c1-3-5-7-9-11-13-15-17-19-32-25-21-24(27(31)29-30-28)22-26(23-25)33-20-18-16-14-12-10-8-6-4-2/h21-23H,3-20H2,1-2H3. The van der Waals surface area contributed by atoms with Crippen LogP contribution in [0.15, 0.2) is 23.3 Å². The lowest BCUT2D eigenvalue weighted by Crippen LogP contribution is -2.03. The van der Waals surface area contributed by atoms with Crippen molar-refractivity contribution in [2.45, 2.75) is 117 Å². The molecule has 0 bridgehead atoms. The number of rotatable bonds is 21. The molecule has 0 heterocycles. The van der Waals surface area contributed by atoms with E-state index in [4.69, 9.17) is 15.0 Å². The summed E-state index contributed by atoms with van der Waals surface area (Å²) in [4.78, 5) is 14.7. The Labute approximate surface area is 201 Å². The summed E-state index contributed by atoms with van der Waals surface area (Å²) in [6.45, 7) is 5.68. The monoisotopic (exact) mass is 459 g/mol. The highest BCUT2D eigenvalue weighted by atomic mass is 16.5. The van der Waals surface area contributed by atoms with E-state index >= 15 is 0 Å². The van der Waals surface area contributed by atoms with Gasteiger partial charge in [0.1, 0.15) is 11.5 Å². The van der Waals surface area contributed by atoms with E-state index < -0.39 is 5.91 Å². The molecule has 0 atom stereocenters. The Bertz CT molecular complexity index is 647. The van der Waals surface area contributed by atoms with E-state index in [1.54, 1.807) is 12.1 Å². The van der Waals surface area contributed by atoms with Gasteiger partial charge in [-0.3, -0.25) is 4.79 Å². The first kappa shape index (κ1) is 28.8. The molecule has 0 aliphatic heterocycles. The molecular formula is C27H45N3O3. The van der Waals surface area contributed by atoms with Gasteiger partial charge in [0.25, 0.3) is 0 Å². The highest BCUT2D eigenvalue weighted by molar-refractivity contribution is 5.95. The largest absolute Gasteiger partial charge is 0.493 e. The summed E-state index contributed by atoms with van der Waals surface area (Å²) < 4.78 is 11.8. The molecule has 6 nitrogen and oxygen atoms in total. The summed E-state index contributed by atoms with van der Waals surface area (Å²) in [5.41, 5.74) is 8.89. The Kier molecular flexibility index (Phi) is 17.8. The molecule has 1 rings (SSSR count). The van der Waals surface area contributed by atoms with E-state index in [9.17, 15) is 4.79 Å². The molecule has 0 spiro atoms. The zero-order valence-electron chi connectivity index (χ0n) is 21.0. The molecule has 186 valence electrons. The van der Waals surface area contributed by atoms with E-state index in [1.807, 2.05) is 6.07 Å². The molecule has 33 heavy (non-hydrogen) atoms. The minimum absolute atomic E-state index is 0.298. The summed E-state index contributed by atoms with van der Waals surface area (Å²) in [7, 11) is 0. The molecule has 0 unspecified atom stereocenters. The van der Waals surface area contributed by atoms with Crippen molar-refractivity contribution in [3.05, 3.63) is 34.2 Å². The highest BCUT2D eigenvalue weighted by Crippen LogP contribution is 2.25. The lowest BCUT2D eigenvalue weighted by atomic mass is 10.1. The molecule has 0 aliphatic carbocycles. The molecule has 0 aromatic heterocycles. The molecule has 0 saturated heterocycles. The third kappa shape index (κ3) is 15.3. The molecule has 1 aromatic carbocycles. The van der Waals surface area contributed by atoms with Gasteiger partial charge in [0, 0.05) is 16.5 Å². The van der Waals surface area contributed by atoms with Gasteiger partial charge in [0.05, 0.1) is 13.2 Å². The Balaban J connectivity index is 2.41. The van der Waals surface area contributed by atoms with Gasteiger partial charge in [-0.25, -0.2) is 0 Å². The van der Waals surface area contributed by atoms with Crippen molar-refractivity contribution < 1.29 is 14.3 Å². The number of hydrogen-bond acceptors (Lipinski definition) is 3. The predicted octanol–water partition coefficient (Wildman–Crippen LogP) is 9.18. The summed E-state index contributed by atoms with van der Waals surface area (Å²) in [6, 6.07) is 5.08. The van der Waals surface area contributed by atoms with Crippen LogP contribution in [0.1, 0.15) is 127 Å². The number of ether oxygens (including phenoxy) is 2. The van der Waals surface area contributed by atoms with Gasteiger partial charge < -0.3 is 9.47 Å². The molecular weight excluding hydrogens is 414 g/mol. The normalized spacial score (nSPS) is 10.6. The van der Waals surface area contributed by atoms with Crippen LogP contribution < -0.4 is 9.47 Å². The lowest BCUT2D eigenvalue weighted by Gasteiger charge is -2.12. The molecule has 1 amide bonds. The second-order valence-electron chi connectivity index (χ2n) is 8.83. The van der Waals surface area contributed by atoms with Crippen molar-refractivity contribution in [1.29, 1.82) is 0 Å². The van der Waals surface area contributed by atoms with E-state index in [0.29, 0.717) is 30.3 Å². The topological polar surface area (TPSA) is 84.3 Å². The number of azide groups is 1. The third-order valence-electron chi connectivity index (χ3n) is 5.80. The van der Waals surface area contributed by atoms with Gasteiger partial charge in [0.15, 0.2) is 0 Å². The second-order valence-corrected chi connectivity index (χ2v) is 8.83. The lowest BCUT2D eigenvalue weighted by molar-refractivity contribution is 0.0999. The average Bonchev–Trinajstić information content (AvgIpc) is 2.82. The maximum atomic E-state index is 12.1. The van der Waals surface area contributed by atoms with Crippen LogP contribution in [0.4, 0.5) is 0 Å². The Morgan fingerprint density at radius 2 is 1.09 bits per heavy atom. The summed E-state index contributed by atoms with van der Waals surface area (Å²) >= 11 is 0. The first-order valence-corrected chi connectivity index (χ1v) is 13.2. The van der Waals surface area contributed by atoms with Crippen molar-refractivity contribution in [2.24, 2.45) is 5.11 Å². The van der Waals surface area contributed by atoms with Crippen LogP contribution in [-0.2, 0) is 0 Å². The molecule has 6 heteroatoms. The van der Waals surface area contributed by atoms with Gasteiger partial charge >= 0.3 is 0 Å². The van der Waals surface area contributed by atoms with Gasteiger partial charge in [-0.2, -0.15) is 0 Å². The smallest absolute Gasteiger partial charge is 0.249 e. The van der Waals surface area contributed by atoms with Crippen molar-refractivity contribution in [1.82, 2.24) is 0 Å². The van der Waals surface area contributed by atoms with Crippen LogP contribution in [0.5, 0.6) is 11.5 Å². The van der Waals surface area contributed by atoms with Crippen molar-refractivity contribution in [3.8, 4) is 11.5 Å². The molecule has 0 saturated carbocycles. The SMILES string of the molecule is CCCCCCCCCCOc1cc(OCCCCCCCCCC)cc(C(=O)N=[N+]=[N-])c1. The fourth-order valence-corrected chi connectivity index (χ4v) is 3.81. The summed E-state index contributed by atoms with van der Waals surface area (Å²) in [5.74, 6) is 0.553. The molecule has 0 N–H and O–H groups in total. The Hall–Kier alpha value is -2.20. The van der Waals surface area contributed by atoms with Crippen LogP contribution in [0, 0.1) is 0 Å². The van der Waals surface area contributed by atoms with Crippen molar-refractivity contribution >= 4 is 5.91 Å². The van der Waals surface area contributed by atoms with Gasteiger partial charge in [-0.15, -0.1) is 0 Å². The van der Waals surface area contributed by atoms with Crippen LogP contribution in [0.25, 0.3) is 10.4 Å². The highest BCUT2D eigenvalue weighted by Gasteiger charge is 2.09. The summed E-state index contributed by atoms with van der Waals surface area (Å²) in [6.07, 6.45) is 19.8. The van der Waals surface area contributed by atoms with Gasteiger partial charge in [-0.1, -0.05) is 104 Å². The van der Waals surface area contributed by atoms with E-state index in [0.717, 1.165) is 25.7 Å². The maximum absolute atomic E-state index is 12.1. The van der Waals surface area contributed by atoms with E-state index in [1.165, 1.54) is 77.0 Å². The van der Waals surface area contributed by atoms with Gasteiger partial charge in [-0.05, 0) is 35.6 Å². The zero-order chi connectivity index (χ0) is 24.0. The fourth-order valence-electron chi connectivity index (χ4n) is 3.81. The van der Waals surface area contributed by atoms with Crippen molar-refractivity contribution in [3.63, 3.8) is 0 Å². The second kappa shape index (κ2) is 20.4. The van der Waals surface area contributed by atoms with Crippen LogP contribution >= 0.6 is 0 Å². The van der Waals surface area contributed by atoms with Crippen LogP contribution in [0.2, 0.25) is 0 Å². The minimum Gasteiger partial charge on any atom is -0.493 e. The van der Waals surface area contributed by atoms with Crippen molar-refractivity contribution in [2.75, 3.05) is 13.2 Å². The summed E-state index contributed by atoms with van der Waals surface area (Å²) in [5, 5.41) is 3.21. The number of amides is 1. The quantitative estimate of drug-likeness (QED) is 0.0794. The molecule has 0 aliphatic rings. The Morgan fingerprint density at radius 1 is 0.697 bits per heavy atom. The number of hydrogen-bond donors (Lipinski definition) is 0. The fraction of sp³-hybridized carbons (Fsp3) is 0.741. The first-order chi connectivity index (χ1) is 16.2. The number of carbonyl (C=O) groups is 1. The molecule has 1 aromatic rings. The third-order valence-corrected chi connectivity index (χ3v) is 5.80.